The summed E-state index contributed by atoms with van der Waals surface area (Å²) >= 11 is 0. The molecular formula is C16H22N4O. The molecule has 0 aliphatic carbocycles. The maximum Gasteiger partial charge on any atom is 0.242 e. The van der Waals surface area contributed by atoms with Gasteiger partial charge in [-0.2, -0.15) is 0 Å². The maximum absolute atomic E-state index is 12.2. The lowest BCUT2D eigenvalue weighted by atomic mass is 9.85. The van der Waals surface area contributed by atoms with Gasteiger partial charge < -0.3 is 10.3 Å². The van der Waals surface area contributed by atoms with E-state index in [4.69, 9.17) is 5.73 Å². The summed E-state index contributed by atoms with van der Waals surface area (Å²) in [7, 11) is 0. The minimum atomic E-state index is -0.846. The van der Waals surface area contributed by atoms with Crippen LogP contribution in [0.15, 0.2) is 49.1 Å². The van der Waals surface area contributed by atoms with E-state index in [1.54, 1.807) is 12.5 Å². The number of aromatic nitrogens is 2. The van der Waals surface area contributed by atoms with Gasteiger partial charge >= 0.3 is 0 Å². The van der Waals surface area contributed by atoms with E-state index in [2.05, 4.69) is 17.2 Å². The fourth-order valence-electron chi connectivity index (χ4n) is 2.46. The fourth-order valence-corrected chi connectivity index (χ4v) is 2.46. The molecule has 0 fully saturated rings. The smallest absolute Gasteiger partial charge is 0.242 e. The maximum atomic E-state index is 12.2. The number of amides is 1. The number of nitrogens with zero attached hydrogens (tertiary/aromatic N) is 2. The number of rotatable bonds is 8. The topological polar surface area (TPSA) is 72.9 Å². The van der Waals surface area contributed by atoms with Gasteiger partial charge in [-0.05, 0) is 24.9 Å². The van der Waals surface area contributed by atoms with Crippen molar-refractivity contribution in [2.75, 3.05) is 6.54 Å². The first-order valence-electron chi connectivity index (χ1n) is 7.25. The van der Waals surface area contributed by atoms with Crippen LogP contribution in [0.3, 0.4) is 0 Å². The summed E-state index contributed by atoms with van der Waals surface area (Å²) in [6.45, 7) is 3.48. The Morgan fingerprint density at radius 2 is 2.14 bits per heavy atom. The van der Waals surface area contributed by atoms with Crippen LogP contribution in [0, 0.1) is 0 Å². The van der Waals surface area contributed by atoms with Gasteiger partial charge in [0.25, 0.3) is 0 Å². The largest absolute Gasteiger partial charge is 0.368 e. The minimum absolute atomic E-state index is 0.345. The summed E-state index contributed by atoms with van der Waals surface area (Å²) in [6.07, 6.45) is 6.89. The number of nitrogens with two attached hydrogens (primary N) is 1. The SMILES string of the molecule is CCCNC(CCn1ccnc1)(C(N)=O)c1ccccc1. The van der Waals surface area contributed by atoms with E-state index in [0.717, 1.165) is 18.5 Å². The van der Waals surface area contributed by atoms with E-state index in [0.29, 0.717) is 13.0 Å². The highest BCUT2D eigenvalue weighted by molar-refractivity contribution is 5.86. The molecule has 1 aromatic carbocycles. The average Bonchev–Trinajstić information content (AvgIpc) is 3.02. The van der Waals surface area contributed by atoms with Crippen molar-refractivity contribution in [3.05, 3.63) is 54.6 Å². The molecule has 1 unspecified atom stereocenters. The molecule has 2 aromatic rings. The standard InChI is InChI=1S/C16H22N4O/c1-2-9-19-16(15(17)21,14-6-4-3-5-7-14)8-11-20-12-10-18-13-20/h3-7,10,12-13,19H,2,8-9,11H2,1H3,(H2,17,21). The summed E-state index contributed by atoms with van der Waals surface area (Å²) in [6, 6.07) is 9.68. The highest BCUT2D eigenvalue weighted by atomic mass is 16.1. The third kappa shape index (κ3) is 3.49. The molecular weight excluding hydrogens is 264 g/mol. The Hall–Kier alpha value is -2.14. The fraction of sp³-hybridized carbons (Fsp3) is 0.375. The Bertz CT molecular complexity index is 553. The normalized spacial score (nSPS) is 13.8. The molecule has 2 rings (SSSR count). The van der Waals surface area contributed by atoms with Crippen LogP contribution in [0.5, 0.6) is 0 Å². The zero-order chi connectivity index (χ0) is 15.1. The quantitative estimate of drug-likeness (QED) is 0.775. The third-order valence-corrected chi connectivity index (χ3v) is 3.67. The Morgan fingerprint density at radius 1 is 1.38 bits per heavy atom. The van der Waals surface area contributed by atoms with Crippen molar-refractivity contribution in [3.63, 3.8) is 0 Å². The van der Waals surface area contributed by atoms with Crippen molar-refractivity contribution in [3.8, 4) is 0 Å². The average molecular weight is 286 g/mol. The van der Waals surface area contributed by atoms with Crippen LogP contribution < -0.4 is 11.1 Å². The first-order chi connectivity index (χ1) is 10.2. The van der Waals surface area contributed by atoms with Crippen LogP contribution in [0.25, 0.3) is 0 Å². The van der Waals surface area contributed by atoms with Crippen molar-refractivity contribution in [1.29, 1.82) is 0 Å². The zero-order valence-electron chi connectivity index (χ0n) is 12.3. The molecule has 0 spiro atoms. The number of carbonyl (C=O) groups excluding carboxylic acids is 1. The first-order valence-corrected chi connectivity index (χ1v) is 7.25. The van der Waals surface area contributed by atoms with Gasteiger partial charge in [0.1, 0.15) is 5.54 Å². The number of hydrogen-bond acceptors (Lipinski definition) is 3. The predicted molar refractivity (Wildman–Crippen MR) is 82.5 cm³/mol. The number of imidazole rings is 1. The van der Waals surface area contributed by atoms with Crippen molar-refractivity contribution in [1.82, 2.24) is 14.9 Å². The van der Waals surface area contributed by atoms with Crippen molar-refractivity contribution in [2.24, 2.45) is 5.73 Å². The Morgan fingerprint density at radius 3 is 2.71 bits per heavy atom. The monoisotopic (exact) mass is 286 g/mol. The lowest BCUT2D eigenvalue weighted by molar-refractivity contribution is -0.125. The van der Waals surface area contributed by atoms with Gasteiger partial charge in [0.15, 0.2) is 0 Å². The Kier molecular flexibility index (Phi) is 5.11. The minimum Gasteiger partial charge on any atom is -0.368 e. The van der Waals surface area contributed by atoms with Gasteiger partial charge in [0, 0.05) is 18.9 Å². The van der Waals surface area contributed by atoms with Crippen LogP contribution in [0.1, 0.15) is 25.3 Å². The molecule has 5 heteroatoms. The molecule has 1 atom stereocenters. The second-order valence-corrected chi connectivity index (χ2v) is 5.11. The number of nitrogens with one attached hydrogen (secondary N) is 1. The highest BCUT2D eigenvalue weighted by Crippen LogP contribution is 2.26. The first kappa shape index (κ1) is 15.3. The van der Waals surface area contributed by atoms with Gasteiger partial charge in [-0.1, -0.05) is 37.3 Å². The second-order valence-electron chi connectivity index (χ2n) is 5.11. The Labute approximate surface area is 125 Å². The van der Waals surface area contributed by atoms with Crippen molar-refractivity contribution >= 4 is 5.91 Å². The van der Waals surface area contributed by atoms with Crippen LogP contribution in [-0.4, -0.2) is 22.0 Å². The summed E-state index contributed by atoms with van der Waals surface area (Å²) in [4.78, 5) is 16.3. The molecule has 5 nitrogen and oxygen atoms in total. The molecule has 0 radical (unpaired) electrons. The number of primary amides is 1. The highest BCUT2D eigenvalue weighted by Gasteiger charge is 2.37. The lowest BCUT2D eigenvalue weighted by Gasteiger charge is -2.32. The van der Waals surface area contributed by atoms with Gasteiger partial charge in [0.2, 0.25) is 5.91 Å². The van der Waals surface area contributed by atoms with Crippen molar-refractivity contribution in [2.45, 2.75) is 31.8 Å². The molecule has 0 saturated carbocycles. The predicted octanol–water partition coefficient (Wildman–Crippen LogP) is 1.65. The van der Waals surface area contributed by atoms with Gasteiger partial charge in [0.05, 0.1) is 6.33 Å². The number of carbonyl (C=O) groups is 1. The van der Waals surface area contributed by atoms with Crippen LogP contribution in [0.4, 0.5) is 0 Å². The molecule has 112 valence electrons. The summed E-state index contributed by atoms with van der Waals surface area (Å²) in [5.74, 6) is -0.345. The van der Waals surface area contributed by atoms with E-state index in [1.165, 1.54) is 0 Å². The van der Waals surface area contributed by atoms with Crippen molar-refractivity contribution < 1.29 is 4.79 Å². The van der Waals surface area contributed by atoms with Crippen LogP contribution in [-0.2, 0) is 16.9 Å². The third-order valence-electron chi connectivity index (χ3n) is 3.67. The summed E-state index contributed by atoms with van der Waals surface area (Å²) in [5, 5.41) is 3.35. The van der Waals surface area contributed by atoms with Gasteiger partial charge in [-0.25, -0.2) is 4.98 Å². The summed E-state index contributed by atoms with van der Waals surface area (Å²) < 4.78 is 1.95. The molecule has 0 aliphatic rings. The second kappa shape index (κ2) is 7.04. The van der Waals surface area contributed by atoms with E-state index >= 15 is 0 Å². The Balaban J connectivity index is 2.28. The molecule has 21 heavy (non-hydrogen) atoms. The van der Waals surface area contributed by atoms with E-state index in [-0.39, 0.29) is 5.91 Å². The molecule has 0 bridgehead atoms. The summed E-state index contributed by atoms with van der Waals surface area (Å²) in [5.41, 5.74) is 5.82. The molecule has 1 heterocycles. The molecule has 0 aliphatic heterocycles. The number of aryl methyl sites for hydroxylation is 1. The lowest BCUT2D eigenvalue weighted by Crippen LogP contribution is -2.53. The molecule has 1 amide bonds. The molecule has 1 aromatic heterocycles. The zero-order valence-corrected chi connectivity index (χ0v) is 12.3. The van der Waals surface area contributed by atoms with E-state index in [1.807, 2.05) is 41.1 Å². The molecule has 0 saturated heterocycles. The number of benzene rings is 1. The van der Waals surface area contributed by atoms with Crippen LogP contribution >= 0.6 is 0 Å². The van der Waals surface area contributed by atoms with Crippen LogP contribution in [0.2, 0.25) is 0 Å². The van der Waals surface area contributed by atoms with Gasteiger partial charge in [-0.15, -0.1) is 0 Å². The molecule has 3 N–H and O–H groups in total. The van der Waals surface area contributed by atoms with E-state index in [9.17, 15) is 4.79 Å². The van der Waals surface area contributed by atoms with E-state index < -0.39 is 5.54 Å². The van der Waals surface area contributed by atoms with Gasteiger partial charge in [-0.3, -0.25) is 10.1 Å². The number of hydrogen-bond donors (Lipinski definition) is 2.